The van der Waals surface area contributed by atoms with E-state index in [2.05, 4.69) is 24.3 Å². The minimum absolute atomic E-state index is 0.0325. The summed E-state index contributed by atoms with van der Waals surface area (Å²) in [4.78, 5) is 60.9. The number of nitrogens with zero attached hydrogens (tertiary/aromatic N) is 4. The second-order valence-corrected chi connectivity index (χ2v) is 20.0. The topological polar surface area (TPSA) is 122 Å². The number of imide groups is 2. The smallest absolute Gasteiger partial charge is 0.271 e. The van der Waals surface area contributed by atoms with Crippen LogP contribution >= 0.6 is 22.7 Å². The van der Waals surface area contributed by atoms with Crippen LogP contribution < -0.4 is 0 Å². The van der Waals surface area contributed by atoms with E-state index in [1.165, 1.54) is 75.1 Å². The Morgan fingerprint density at radius 2 is 0.879 bits per heavy atom. The summed E-state index contributed by atoms with van der Waals surface area (Å²) >= 11 is 3.85. The SMILES string of the molecule is CC1=C(C#N)C(=O)N(C)C(=O)/C1=C/C1=Cc2sc3c(c2C12CCCCC2)C1(CCCCC1)c1c-3sc2c1C1(CCCCC1)C(/C=C1/C(=O)N(C)C(=O)C(C#N)=C1C)=C2. The Morgan fingerprint density at radius 1 is 0.534 bits per heavy atom. The largest absolute Gasteiger partial charge is 0.277 e. The summed E-state index contributed by atoms with van der Waals surface area (Å²) in [5.74, 6) is -1.79. The fourth-order valence-corrected chi connectivity index (χ4v) is 15.4. The van der Waals surface area contributed by atoms with Gasteiger partial charge in [0.25, 0.3) is 23.6 Å². The molecule has 0 aromatic carbocycles. The minimum atomic E-state index is -0.541. The zero-order valence-corrected chi connectivity index (χ0v) is 35.3. The molecule has 2 aromatic rings. The van der Waals surface area contributed by atoms with Crippen LogP contribution in [-0.2, 0) is 35.4 Å². The van der Waals surface area contributed by atoms with E-state index in [-0.39, 0.29) is 39.2 Å². The van der Waals surface area contributed by atoms with E-state index in [0.29, 0.717) is 22.3 Å². The van der Waals surface area contributed by atoms with E-state index < -0.39 is 11.8 Å². The van der Waals surface area contributed by atoms with Gasteiger partial charge in [-0.2, -0.15) is 10.5 Å². The molecule has 3 fully saturated rings. The predicted octanol–water partition coefficient (Wildman–Crippen LogP) is 9.77. The molecule has 4 heterocycles. The van der Waals surface area contributed by atoms with Crippen LogP contribution in [0.2, 0.25) is 0 Å². The van der Waals surface area contributed by atoms with Crippen molar-refractivity contribution in [3.8, 4) is 21.9 Å². The molecule has 0 unspecified atom stereocenters. The van der Waals surface area contributed by atoms with Crippen LogP contribution in [0.15, 0.2) is 56.7 Å². The summed E-state index contributed by atoms with van der Waals surface area (Å²) in [6.45, 7) is 3.47. The van der Waals surface area contributed by atoms with E-state index in [1.807, 2.05) is 34.8 Å². The molecule has 10 rings (SSSR count). The second-order valence-electron chi connectivity index (χ2n) is 17.9. The minimum Gasteiger partial charge on any atom is -0.277 e. The maximum Gasteiger partial charge on any atom is 0.271 e. The first-order valence-corrected chi connectivity index (χ1v) is 22.7. The van der Waals surface area contributed by atoms with Crippen LogP contribution in [0, 0.1) is 22.7 Å². The quantitative estimate of drug-likeness (QED) is 0.220. The van der Waals surface area contributed by atoms with Crippen LogP contribution in [-0.4, -0.2) is 47.5 Å². The molecular weight excluding hydrogens is 761 g/mol. The van der Waals surface area contributed by atoms with Crippen molar-refractivity contribution in [1.29, 1.82) is 10.5 Å². The number of allylic oxidation sites excluding steroid dienone is 4. The highest BCUT2D eigenvalue weighted by molar-refractivity contribution is 7.23. The van der Waals surface area contributed by atoms with Crippen LogP contribution in [0.1, 0.15) is 142 Å². The molecule has 0 saturated heterocycles. The molecule has 6 aliphatic carbocycles. The van der Waals surface area contributed by atoms with Crippen molar-refractivity contribution in [2.24, 2.45) is 0 Å². The molecule has 8 aliphatic rings. The number of carbonyl (C=O) groups excluding carboxylic acids is 4. The van der Waals surface area contributed by atoms with Crippen molar-refractivity contribution in [3.63, 3.8) is 0 Å². The molecule has 0 N–H and O–H groups in total. The van der Waals surface area contributed by atoms with Gasteiger partial charge < -0.3 is 0 Å². The van der Waals surface area contributed by atoms with E-state index in [9.17, 15) is 29.7 Å². The van der Waals surface area contributed by atoms with Gasteiger partial charge in [0.15, 0.2) is 0 Å². The monoisotopic (exact) mass is 806 g/mol. The first-order valence-electron chi connectivity index (χ1n) is 21.0. The Hall–Kier alpha value is -4.90. The molecular formula is C48H46N4O4S2. The molecule has 8 nitrogen and oxygen atoms in total. The van der Waals surface area contributed by atoms with E-state index in [4.69, 9.17) is 0 Å². The predicted molar refractivity (Wildman–Crippen MR) is 225 cm³/mol. The number of thiophene rings is 2. The van der Waals surface area contributed by atoms with Gasteiger partial charge in [0.2, 0.25) is 0 Å². The number of nitriles is 2. The Bertz CT molecular complexity index is 2430. The summed E-state index contributed by atoms with van der Waals surface area (Å²) in [6, 6.07) is 4.16. The maximum absolute atomic E-state index is 13.7. The molecule has 3 spiro atoms. The fourth-order valence-electron chi connectivity index (χ4n) is 12.4. The van der Waals surface area contributed by atoms with Crippen molar-refractivity contribution in [2.75, 3.05) is 14.1 Å². The van der Waals surface area contributed by atoms with E-state index >= 15 is 0 Å². The standard InChI is InChI=1S/C48H46N4O4S2/c1-26-30(42(53)51(3)44(55)32(26)24-49)20-28-22-34-36(46(28)14-8-5-9-15-46)38-40(57-34)41-39(48(38)18-12-7-13-19-48)37-35(58-41)23-29(47(37)16-10-6-11-17-47)21-31-27(2)33(25-50)45(56)52(4)43(31)54/h20-23H,5-19H2,1-4H3/b30-20+,31-21+. The Kier molecular flexibility index (Phi) is 8.41. The molecule has 0 radical (unpaired) electrons. The highest BCUT2D eigenvalue weighted by Crippen LogP contribution is 2.71. The number of carbonyl (C=O) groups is 4. The van der Waals surface area contributed by atoms with Gasteiger partial charge in [-0.25, -0.2) is 0 Å². The maximum atomic E-state index is 13.7. The number of hydrogen-bond donors (Lipinski definition) is 0. The Balaban J connectivity index is 1.17. The van der Waals surface area contributed by atoms with Crippen LogP contribution in [0.4, 0.5) is 0 Å². The van der Waals surface area contributed by atoms with Crippen molar-refractivity contribution in [2.45, 2.75) is 126 Å². The van der Waals surface area contributed by atoms with Gasteiger partial charge in [0, 0.05) is 61.0 Å². The number of likely N-dealkylation sites (N-methyl/N-ethyl adjacent to an activating group) is 2. The van der Waals surface area contributed by atoms with Gasteiger partial charge >= 0.3 is 0 Å². The second kappa shape index (κ2) is 13.1. The number of hydrogen-bond acceptors (Lipinski definition) is 8. The normalized spacial score (nSPS) is 25.5. The third kappa shape index (κ3) is 4.71. The van der Waals surface area contributed by atoms with Crippen molar-refractivity contribution in [1.82, 2.24) is 9.80 Å². The Morgan fingerprint density at radius 3 is 1.22 bits per heavy atom. The molecule has 4 amide bonds. The average molecular weight is 807 g/mol. The lowest BCUT2D eigenvalue weighted by Gasteiger charge is -2.44. The van der Waals surface area contributed by atoms with Gasteiger partial charge in [-0.3, -0.25) is 29.0 Å². The Labute approximate surface area is 347 Å². The number of fused-ring (bicyclic) bond motifs is 11. The van der Waals surface area contributed by atoms with Gasteiger partial charge in [0.1, 0.15) is 23.3 Å². The fraction of sp³-hybridized carbons (Fsp3) is 0.458. The number of amides is 4. The molecule has 0 bridgehead atoms. The van der Waals surface area contributed by atoms with E-state index in [1.54, 1.807) is 13.8 Å². The lowest BCUT2D eigenvalue weighted by atomic mass is 9.58. The molecule has 294 valence electrons. The van der Waals surface area contributed by atoms with Crippen LogP contribution in [0.5, 0.6) is 0 Å². The lowest BCUT2D eigenvalue weighted by molar-refractivity contribution is -0.140. The summed E-state index contributed by atoms with van der Waals surface area (Å²) < 4.78 is 0. The van der Waals surface area contributed by atoms with Gasteiger partial charge in [0.05, 0.1) is 0 Å². The van der Waals surface area contributed by atoms with Crippen molar-refractivity contribution >= 4 is 58.5 Å². The summed E-state index contributed by atoms with van der Waals surface area (Å²) in [7, 11) is 2.94. The van der Waals surface area contributed by atoms with Gasteiger partial charge in [-0.1, -0.05) is 57.8 Å². The summed E-state index contributed by atoms with van der Waals surface area (Å²) in [6.07, 6.45) is 25.3. The van der Waals surface area contributed by atoms with Gasteiger partial charge in [-0.05, 0) is 121 Å². The molecule has 3 saturated carbocycles. The molecule has 10 heteroatoms. The lowest BCUT2D eigenvalue weighted by Crippen LogP contribution is -2.40. The van der Waals surface area contributed by atoms with E-state index in [0.717, 1.165) is 98.0 Å². The average Bonchev–Trinajstić information content (AvgIpc) is 3.99. The first-order chi connectivity index (χ1) is 27.9. The van der Waals surface area contributed by atoms with Crippen molar-refractivity contribution < 1.29 is 19.2 Å². The zero-order valence-electron chi connectivity index (χ0n) is 33.7. The zero-order chi connectivity index (χ0) is 40.5. The van der Waals surface area contributed by atoms with Crippen molar-refractivity contribution in [3.05, 3.63) is 88.7 Å². The molecule has 2 aliphatic heterocycles. The highest BCUT2D eigenvalue weighted by atomic mass is 32.1. The van der Waals surface area contributed by atoms with Gasteiger partial charge in [-0.15, -0.1) is 22.7 Å². The third-order valence-corrected chi connectivity index (χ3v) is 17.7. The molecule has 0 atom stereocenters. The van der Waals surface area contributed by atoms with Crippen LogP contribution in [0.3, 0.4) is 0 Å². The molecule has 58 heavy (non-hydrogen) atoms. The summed E-state index contributed by atoms with van der Waals surface area (Å²) in [5.41, 5.74) is 9.56. The highest BCUT2D eigenvalue weighted by Gasteiger charge is 2.58. The van der Waals surface area contributed by atoms with Crippen LogP contribution in [0.25, 0.3) is 21.9 Å². The summed E-state index contributed by atoms with van der Waals surface area (Å²) in [5, 5.41) is 19.9. The first kappa shape index (κ1) is 37.4. The molecule has 2 aromatic heterocycles. The third-order valence-electron chi connectivity index (χ3n) is 15.3. The number of rotatable bonds is 2.